The second-order valence-corrected chi connectivity index (χ2v) is 7.34. The summed E-state index contributed by atoms with van der Waals surface area (Å²) in [5.74, 6) is 0.117. The van der Waals surface area contributed by atoms with Gasteiger partial charge in [0, 0.05) is 17.3 Å². The maximum Gasteiger partial charge on any atom is 0.156 e. The molecule has 0 unspecified atom stereocenters. The normalized spacial score (nSPS) is 10.7. The molecule has 0 saturated carbocycles. The third kappa shape index (κ3) is 5.29. The van der Waals surface area contributed by atoms with E-state index in [-0.39, 0.29) is 12.4 Å². The lowest BCUT2D eigenvalue weighted by Gasteiger charge is -2.13. The lowest BCUT2D eigenvalue weighted by Crippen LogP contribution is -2.01. The Morgan fingerprint density at radius 3 is 2.15 bits per heavy atom. The van der Waals surface area contributed by atoms with Crippen LogP contribution >= 0.6 is 34.8 Å². The first kappa shape index (κ1) is 19.8. The molecule has 0 atom stereocenters. The lowest BCUT2D eigenvalue weighted by molar-refractivity contribution is 0.306. The van der Waals surface area contributed by atoms with Crippen LogP contribution in [0.1, 0.15) is 16.7 Å². The molecule has 0 aliphatic heterocycles. The molecule has 0 amide bonds. The molecule has 0 spiro atoms. The third-order valence-electron chi connectivity index (χ3n) is 4.02. The van der Waals surface area contributed by atoms with Crippen LogP contribution in [0.3, 0.4) is 0 Å². The van der Waals surface area contributed by atoms with Gasteiger partial charge in [0.2, 0.25) is 0 Å². The predicted octanol–water partition coefficient (Wildman–Crippen LogP) is 7.29. The standard InChI is InChI=1S/C21H17Cl3FNO/c1-13-2-7-17(10-18(13)22)26-11-15-8-19(23)21(20(24)9-15)27-12-14-3-5-16(25)6-4-14/h2-10,26H,11-12H2,1H3. The number of ether oxygens (including phenoxy) is 1. The number of anilines is 1. The van der Waals surface area contributed by atoms with Crippen molar-refractivity contribution in [1.82, 2.24) is 0 Å². The molecule has 1 N–H and O–H groups in total. The molecule has 0 bridgehead atoms. The van der Waals surface area contributed by atoms with E-state index in [0.29, 0.717) is 27.4 Å². The summed E-state index contributed by atoms with van der Waals surface area (Å²) < 4.78 is 18.7. The van der Waals surface area contributed by atoms with Crippen molar-refractivity contribution in [2.45, 2.75) is 20.1 Å². The van der Waals surface area contributed by atoms with Crippen LogP contribution in [0, 0.1) is 12.7 Å². The maximum absolute atomic E-state index is 13.0. The molecule has 6 heteroatoms. The highest BCUT2D eigenvalue weighted by atomic mass is 35.5. The second kappa shape index (κ2) is 8.83. The first-order valence-corrected chi connectivity index (χ1v) is 9.41. The Morgan fingerprint density at radius 1 is 0.852 bits per heavy atom. The van der Waals surface area contributed by atoms with E-state index >= 15 is 0 Å². The summed E-state index contributed by atoms with van der Waals surface area (Å²) in [6.45, 7) is 2.74. The van der Waals surface area contributed by atoms with Crippen LogP contribution in [-0.2, 0) is 13.2 Å². The SMILES string of the molecule is Cc1ccc(NCc2cc(Cl)c(OCc3ccc(F)cc3)c(Cl)c2)cc1Cl. The van der Waals surface area contributed by atoms with Crippen LogP contribution < -0.4 is 10.1 Å². The van der Waals surface area contributed by atoms with Gasteiger partial charge in [-0.2, -0.15) is 0 Å². The smallest absolute Gasteiger partial charge is 0.156 e. The van der Waals surface area contributed by atoms with Gasteiger partial charge in [-0.25, -0.2) is 4.39 Å². The van der Waals surface area contributed by atoms with Gasteiger partial charge in [0.1, 0.15) is 12.4 Å². The van der Waals surface area contributed by atoms with Crippen LogP contribution in [0.15, 0.2) is 54.6 Å². The van der Waals surface area contributed by atoms with Crippen molar-refractivity contribution < 1.29 is 9.13 Å². The minimum absolute atomic E-state index is 0.249. The van der Waals surface area contributed by atoms with Crippen molar-refractivity contribution in [3.8, 4) is 5.75 Å². The van der Waals surface area contributed by atoms with Crippen LogP contribution in [0.5, 0.6) is 5.75 Å². The van der Waals surface area contributed by atoms with Gasteiger partial charge in [-0.05, 0) is 60.0 Å². The number of halogens is 4. The van der Waals surface area contributed by atoms with Gasteiger partial charge in [0.05, 0.1) is 10.0 Å². The van der Waals surface area contributed by atoms with Crippen molar-refractivity contribution in [2.75, 3.05) is 5.32 Å². The third-order valence-corrected chi connectivity index (χ3v) is 4.99. The summed E-state index contributed by atoms with van der Waals surface area (Å²) in [5.41, 5.74) is 3.67. The maximum atomic E-state index is 13.0. The number of hydrogen-bond acceptors (Lipinski definition) is 2. The predicted molar refractivity (Wildman–Crippen MR) is 111 cm³/mol. The largest absolute Gasteiger partial charge is 0.486 e. The number of aryl methyl sites for hydroxylation is 1. The minimum Gasteiger partial charge on any atom is -0.486 e. The molecule has 0 saturated heterocycles. The number of nitrogens with one attached hydrogen (secondary N) is 1. The van der Waals surface area contributed by atoms with Crippen LogP contribution in [0.2, 0.25) is 15.1 Å². The summed E-state index contributed by atoms with van der Waals surface area (Å²) >= 11 is 18.8. The quantitative estimate of drug-likeness (QED) is 0.449. The van der Waals surface area contributed by atoms with Crippen LogP contribution in [-0.4, -0.2) is 0 Å². The Kier molecular flexibility index (Phi) is 6.48. The van der Waals surface area contributed by atoms with E-state index in [9.17, 15) is 4.39 Å². The fourth-order valence-corrected chi connectivity index (χ4v) is 3.32. The lowest BCUT2D eigenvalue weighted by atomic mass is 10.2. The highest BCUT2D eigenvalue weighted by molar-refractivity contribution is 6.37. The van der Waals surface area contributed by atoms with Gasteiger partial charge < -0.3 is 10.1 Å². The highest BCUT2D eigenvalue weighted by Crippen LogP contribution is 2.35. The van der Waals surface area contributed by atoms with Crippen molar-refractivity contribution in [1.29, 1.82) is 0 Å². The van der Waals surface area contributed by atoms with Gasteiger partial charge >= 0.3 is 0 Å². The molecule has 3 rings (SSSR count). The zero-order chi connectivity index (χ0) is 19.4. The van der Waals surface area contributed by atoms with Crippen molar-refractivity contribution >= 4 is 40.5 Å². The number of rotatable bonds is 6. The van der Waals surface area contributed by atoms with E-state index in [0.717, 1.165) is 22.4 Å². The average molecular weight is 425 g/mol. The van der Waals surface area contributed by atoms with Crippen molar-refractivity contribution in [2.24, 2.45) is 0 Å². The fraction of sp³-hybridized carbons (Fsp3) is 0.143. The topological polar surface area (TPSA) is 21.3 Å². The van der Waals surface area contributed by atoms with Crippen LogP contribution in [0.25, 0.3) is 0 Å². The molecule has 0 radical (unpaired) electrons. The van der Waals surface area contributed by atoms with E-state index in [1.54, 1.807) is 24.3 Å². The Labute approximate surface area is 172 Å². The Balaban J connectivity index is 1.66. The van der Waals surface area contributed by atoms with E-state index in [1.807, 2.05) is 25.1 Å². The Hall–Kier alpha value is -1.94. The van der Waals surface area contributed by atoms with E-state index in [2.05, 4.69) is 5.32 Å². The zero-order valence-electron chi connectivity index (χ0n) is 14.5. The molecule has 0 aliphatic rings. The Bertz CT molecular complexity index is 922. The molecule has 0 fully saturated rings. The summed E-state index contributed by atoms with van der Waals surface area (Å²) in [6.07, 6.45) is 0. The fourth-order valence-electron chi connectivity index (χ4n) is 2.50. The van der Waals surface area contributed by atoms with Gasteiger partial charge in [0.25, 0.3) is 0 Å². The molecule has 2 nitrogen and oxygen atoms in total. The van der Waals surface area contributed by atoms with E-state index in [1.165, 1.54) is 12.1 Å². The van der Waals surface area contributed by atoms with E-state index < -0.39 is 0 Å². The van der Waals surface area contributed by atoms with Gasteiger partial charge in [-0.1, -0.05) is 53.0 Å². The van der Waals surface area contributed by atoms with Gasteiger partial charge in [-0.3, -0.25) is 0 Å². The summed E-state index contributed by atoms with van der Waals surface area (Å²) in [7, 11) is 0. The van der Waals surface area contributed by atoms with Crippen molar-refractivity contribution in [3.63, 3.8) is 0 Å². The summed E-state index contributed by atoms with van der Waals surface area (Å²) in [5, 5.41) is 4.84. The first-order chi connectivity index (χ1) is 12.9. The van der Waals surface area contributed by atoms with Gasteiger partial charge in [0.15, 0.2) is 5.75 Å². The second-order valence-electron chi connectivity index (χ2n) is 6.12. The molecule has 27 heavy (non-hydrogen) atoms. The molecular weight excluding hydrogens is 408 g/mol. The Morgan fingerprint density at radius 2 is 1.52 bits per heavy atom. The molecule has 0 heterocycles. The molecule has 3 aromatic carbocycles. The molecular formula is C21H17Cl3FNO. The molecule has 140 valence electrons. The minimum atomic E-state index is -0.290. The summed E-state index contributed by atoms with van der Waals surface area (Å²) in [4.78, 5) is 0. The van der Waals surface area contributed by atoms with Gasteiger partial charge in [-0.15, -0.1) is 0 Å². The number of hydrogen-bond donors (Lipinski definition) is 1. The zero-order valence-corrected chi connectivity index (χ0v) is 16.8. The van der Waals surface area contributed by atoms with Crippen LogP contribution in [0.4, 0.5) is 10.1 Å². The molecule has 0 aromatic heterocycles. The van der Waals surface area contributed by atoms with E-state index in [4.69, 9.17) is 39.5 Å². The van der Waals surface area contributed by atoms with Crippen molar-refractivity contribution in [3.05, 3.63) is 92.2 Å². The monoisotopic (exact) mass is 423 g/mol. The average Bonchev–Trinajstić information content (AvgIpc) is 2.63. The first-order valence-electron chi connectivity index (χ1n) is 8.27. The summed E-state index contributed by atoms with van der Waals surface area (Å²) in [6, 6.07) is 15.5. The molecule has 3 aromatic rings. The highest BCUT2D eigenvalue weighted by Gasteiger charge is 2.10. The molecule has 0 aliphatic carbocycles. The number of benzene rings is 3.